The molecule has 0 spiro atoms. The van der Waals surface area contributed by atoms with Crippen molar-refractivity contribution in [1.29, 1.82) is 0 Å². The summed E-state index contributed by atoms with van der Waals surface area (Å²) in [5.74, 6) is -0.476. The summed E-state index contributed by atoms with van der Waals surface area (Å²) in [5, 5.41) is 2.76. The molecule has 0 atom stereocenters. The first-order valence-electron chi connectivity index (χ1n) is 7.85. The van der Waals surface area contributed by atoms with Crippen LogP contribution in [0.2, 0.25) is 0 Å². The second-order valence-corrected chi connectivity index (χ2v) is 5.68. The number of anilines is 1. The van der Waals surface area contributed by atoms with Crippen molar-refractivity contribution in [3.63, 3.8) is 0 Å². The van der Waals surface area contributed by atoms with Crippen molar-refractivity contribution in [1.82, 2.24) is 4.90 Å². The Hall–Kier alpha value is -2.57. The Balaban J connectivity index is 1.93. The van der Waals surface area contributed by atoms with Crippen LogP contribution in [0.3, 0.4) is 0 Å². The highest BCUT2D eigenvalue weighted by molar-refractivity contribution is 6.00. The van der Waals surface area contributed by atoms with Gasteiger partial charge in [0.15, 0.2) is 0 Å². The lowest BCUT2D eigenvalue weighted by atomic mass is 9.94. The third kappa shape index (κ3) is 4.47. The lowest BCUT2D eigenvalue weighted by Crippen LogP contribution is -2.41. The summed E-state index contributed by atoms with van der Waals surface area (Å²) < 4.78 is 9.39. The van der Waals surface area contributed by atoms with Gasteiger partial charge in [0, 0.05) is 19.5 Å². The third-order valence-electron chi connectivity index (χ3n) is 4.16. The Bertz CT molecular complexity index is 609. The number of ether oxygens (including phenoxy) is 2. The molecule has 1 aromatic rings. The van der Waals surface area contributed by atoms with E-state index in [1.165, 1.54) is 14.2 Å². The average Bonchev–Trinajstić information content (AvgIpc) is 2.62. The van der Waals surface area contributed by atoms with Gasteiger partial charge in [-0.2, -0.15) is 0 Å². The van der Waals surface area contributed by atoms with Gasteiger partial charge in [0.2, 0.25) is 0 Å². The van der Waals surface area contributed by atoms with Crippen LogP contribution < -0.4 is 5.32 Å². The van der Waals surface area contributed by atoms with Gasteiger partial charge in [-0.3, -0.25) is 4.79 Å². The molecule has 0 bridgehead atoms. The second kappa shape index (κ2) is 8.33. The first kappa shape index (κ1) is 17.8. The van der Waals surface area contributed by atoms with Crippen LogP contribution in [0.4, 0.5) is 10.5 Å². The molecule has 0 saturated carbocycles. The summed E-state index contributed by atoms with van der Waals surface area (Å²) in [6.07, 6.45) is 1.89. The SMILES string of the molecule is COC(=O)CC1CCN(C(=O)Nc2ccccc2C(=O)OC)CC1. The van der Waals surface area contributed by atoms with Gasteiger partial charge in [-0.25, -0.2) is 9.59 Å². The zero-order chi connectivity index (χ0) is 17.5. The van der Waals surface area contributed by atoms with Gasteiger partial charge in [0.05, 0.1) is 25.5 Å². The minimum Gasteiger partial charge on any atom is -0.469 e. The lowest BCUT2D eigenvalue weighted by molar-refractivity contribution is -0.142. The Labute approximate surface area is 140 Å². The molecule has 7 heteroatoms. The van der Waals surface area contributed by atoms with Gasteiger partial charge in [-0.1, -0.05) is 12.1 Å². The normalized spacial score (nSPS) is 14.8. The van der Waals surface area contributed by atoms with Crippen LogP contribution in [0.25, 0.3) is 0 Å². The Kier molecular flexibility index (Phi) is 6.17. The summed E-state index contributed by atoms with van der Waals surface area (Å²) in [6.45, 7) is 1.13. The summed E-state index contributed by atoms with van der Waals surface area (Å²) in [7, 11) is 2.68. The molecule has 0 radical (unpaired) electrons. The third-order valence-corrected chi connectivity index (χ3v) is 4.16. The van der Waals surface area contributed by atoms with E-state index in [0.717, 1.165) is 12.8 Å². The lowest BCUT2D eigenvalue weighted by Gasteiger charge is -2.31. The van der Waals surface area contributed by atoms with Crippen molar-refractivity contribution in [3.05, 3.63) is 29.8 Å². The molecule has 1 saturated heterocycles. The van der Waals surface area contributed by atoms with Crippen molar-refractivity contribution in [2.75, 3.05) is 32.6 Å². The average molecular weight is 334 g/mol. The van der Waals surface area contributed by atoms with Crippen molar-refractivity contribution in [3.8, 4) is 0 Å². The maximum Gasteiger partial charge on any atom is 0.339 e. The quantitative estimate of drug-likeness (QED) is 0.854. The van der Waals surface area contributed by atoms with E-state index in [0.29, 0.717) is 30.8 Å². The van der Waals surface area contributed by atoms with E-state index in [4.69, 9.17) is 4.74 Å². The van der Waals surface area contributed by atoms with E-state index in [9.17, 15) is 14.4 Å². The minimum atomic E-state index is -0.498. The van der Waals surface area contributed by atoms with Crippen LogP contribution in [0.15, 0.2) is 24.3 Å². The van der Waals surface area contributed by atoms with E-state index in [2.05, 4.69) is 10.1 Å². The number of benzene rings is 1. The number of para-hydroxylation sites is 1. The van der Waals surface area contributed by atoms with E-state index < -0.39 is 5.97 Å². The zero-order valence-corrected chi connectivity index (χ0v) is 13.9. The van der Waals surface area contributed by atoms with Crippen molar-refractivity contribution >= 4 is 23.7 Å². The molecule has 2 amide bonds. The molecule has 130 valence electrons. The Morgan fingerprint density at radius 1 is 1.12 bits per heavy atom. The number of urea groups is 1. The standard InChI is InChI=1S/C17H22N2O5/c1-23-15(20)11-12-7-9-19(10-8-12)17(22)18-14-6-4-3-5-13(14)16(21)24-2/h3-6,12H,7-11H2,1-2H3,(H,18,22). The largest absolute Gasteiger partial charge is 0.469 e. The number of hydrogen-bond donors (Lipinski definition) is 1. The fraction of sp³-hybridized carbons (Fsp3) is 0.471. The second-order valence-electron chi connectivity index (χ2n) is 5.68. The molecular formula is C17H22N2O5. The van der Waals surface area contributed by atoms with Gasteiger partial charge in [-0.05, 0) is 30.9 Å². The molecular weight excluding hydrogens is 312 g/mol. The van der Waals surface area contributed by atoms with Crippen LogP contribution >= 0.6 is 0 Å². The number of carbonyl (C=O) groups excluding carboxylic acids is 3. The minimum absolute atomic E-state index is 0.218. The number of likely N-dealkylation sites (tertiary alicyclic amines) is 1. The number of amides is 2. The Morgan fingerprint density at radius 2 is 1.79 bits per heavy atom. The molecule has 1 aromatic carbocycles. The first-order valence-corrected chi connectivity index (χ1v) is 7.85. The predicted molar refractivity (Wildman–Crippen MR) is 87.7 cm³/mol. The van der Waals surface area contributed by atoms with Crippen molar-refractivity contribution in [2.45, 2.75) is 19.3 Å². The van der Waals surface area contributed by atoms with Gasteiger partial charge < -0.3 is 19.7 Å². The smallest absolute Gasteiger partial charge is 0.339 e. The number of esters is 2. The topological polar surface area (TPSA) is 84.9 Å². The molecule has 1 heterocycles. The summed E-state index contributed by atoms with van der Waals surface area (Å²) >= 11 is 0. The number of piperidine rings is 1. The molecule has 7 nitrogen and oxygen atoms in total. The van der Waals surface area contributed by atoms with E-state index in [1.807, 2.05) is 0 Å². The van der Waals surface area contributed by atoms with E-state index >= 15 is 0 Å². The van der Waals surface area contributed by atoms with Crippen molar-refractivity contribution in [2.24, 2.45) is 5.92 Å². The summed E-state index contributed by atoms with van der Waals surface area (Å²) in [4.78, 5) is 37.1. The van der Waals surface area contributed by atoms with Gasteiger partial charge in [0.25, 0.3) is 0 Å². The van der Waals surface area contributed by atoms with Crippen LogP contribution in [-0.4, -0.2) is 50.2 Å². The zero-order valence-electron chi connectivity index (χ0n) is 13.9. The summed E-state index contributed by atoms with van der Waals surface area (Å²) in [5.41, 5.74) is 0.736. The molecule has 1 fully saturated rings. The highest BCUT2D eigenvalue weighted by Gasteiger charge is 2.25. The molecule has 1 aliphatic rings. The van der Waals surface area contributed by atoms with Crippen molar-refractivity contribution < 1.29 is 23.9 Å². The van der Waals surface area contributed by atoms with Crippen LogP contribution in [0.1, 0.15) is 29.6 Å². The molecule has 1 N–H and O–H groups in total. The molecule has 0 unspecified atom stereocenters. The molecule has 24 heavy (non-hydrogen) atoms. The Morgan fingerprint density at radius 3 is 2.42 bits per heavy atom. The number of rotatable bonds is 4. The fourth-order valence-corrected chi connectivity index (χ4v) is 2.73. The van der Waals surface area contributed by atoms with Gasteiger partial charge in [0.1, 0.15) is 0 Å². The van der Waals surface area contributed by atoms with Gasteiger partial charge in [-0.15, -0.1) is 0 Å². The van der Waals surface area contributed by atoms with Crippen LogP contribution in [-0.2, 0) is 14.3 Å². The van der Waals surface area contributed by atoms with Crippen LogP contribution in [0, 0.1) is 5.92 Å². The van der Waals surface area contributed by atoms with Crippen LogP contribution in [0.5, 0.6) is 0 Å². The number of carbonyl (C=O) groups is 3. The number of methoxy groups -OCH3 is 2. The van der Waals surface area contributed by atoms with E-state index in [1.54, 1.807) is 29.2 Å². The molecule has 1 aliphatic heterocycles. The molecule has 0 aromatic heterocycles. The van der Waals surface area contributed by atoms with Gasteiger partial charge >= 0.3 is 18.0 Å². The summed E-state index contributed by atoms with van der Waals surface area (Å²) in [6, 6.07) is 6.45. The maximum absolute atomic E-state index is 12.4. The maximum atomic E-state index is 12.4. The molecule has 2 rings (SSSR count). The predicted octanol–water partition coefficient (Wildman–Crippen LogP) is 2.28. The highest BCUT2D eigenvalue weighted by Crippen LogP contribution is 2.22. The first-order chi connectivity index (χ1) is 11.5. The number of nitrogens with zero attached hydrogens (tertiary/aromatic N) is 1. The monoisotopic (exact) mass is 334 g/mol. The fourth-order valence-electron chi connectivity index (χ4n) is 2.73. The highest BCUT2D eigenvalue weighted by atomic mass is 16.5. The van der Waals surface area contributed by atoms with E-state index in [-0.39, 0.29) is 17.9 Å². The number of nitrogens with one attached hydrogen (secondary N) is 1. The number of hydrogen-bond acceptors (Lipinski definition) is 5. The molecule has 0 aliphatic carbocycles.